The van der Waals surface area contributed by atoms with Gasteiger partial charge in [0, 0.05) is 23.6 Å². The molecule has 0 saturated heterocycles. The Labute approximate surface area is 118 Å². The lowest BCUT2D eigenvalue weighted by atomic mass is 10.2. The Morgan fingerprint density at radius 1 is 1.16 bits per heavy atom. The lowest BCUT2D eigenvalue weighted by Crippen LogP contribution is -2.10. The molecule has 0 amide bonds. The Hall–Kier alpha value is -1.94. The van der Waals surface area contributed by atoms with Crippen LogP contribution < -0.4 is 10.1 Å². The number of thiocarbonyl (C=S) groups is 1. The van der Waals surface area contributed by atoms with Crippen molar-refractivity contribution in [2.75, 3.05) is 11.9 Å². The van der Waals surface area contributed by atoms with Gasteiger partial charge in [0.05, 0.1) is 6.61 Å². The topological polar surface area (TPSA) is 34.1 Å². The highest BCUT2D eigenvalue weighted by molar-refractivity contribution is 7.81. The Kier molecular flexibility index (Phi) is 4.86. The summed E-state index contributed by atoms with van der Waals surface area (Å²) in [6.07, 6.45) is 4.46. The van der Waals surface area contributed by atoms with Crippen molar-refractivity contribution < 1.29 is 4.74 Å². The van der Waals surface area contributed by atoms with Crippen molar-refractivity contribution in [2.24, 2.45) is 0 Å². The minimum Gasteiger partial charge on any atom is -0.494 e. The molecule has 2 rings (SSSR count). The largest absolute Gasteiger partial charge is 0.494 e. The molecule has 0 atom stereocenters. The monoisotopic (exact) mass is 272 g/mol. The van der Waals surface area contributed by atoms with E-state index in [1.165, 1.54) is 0 Å². The van der Waals surface area contributed by atoms with E-state index in [9.17, 15) is 0 Å². The summed E-state index contributed by atoms with van der Waals surface area (Å²) in [5.74, 6) is 0.877. The van der Waals surface area contributed by atoms with Gasteiger partial charge in [-0.15, -0.1) is 0 Å². The molecule has 0 saturated carbocycles. The molecule has 0 aliphatic rings. The van der Waals surface area contributed by atoms with Crippen LogP contribution in [0.3, 0.4) is 0 Å². The van der Waals surface area contributed by atoms with E-state index >= 15 is 0 Å². The fraction of sp³-hybridized carbons (Fsp3) is 0.200. The standard InChI is InChI=1S/C15H16N2OS/c1-2-11-18-14-5-3-13(4-6-14)17-15(19)12-7-9-16-10-8-12/h3-10H,2,11H2,1H3,(H,17,19). The van der Waals surface area contributed by atoms with E-state index in [0.717, 1.165) is 30.0 Å². The Bertz CT molecular complexity index is 526. The maximum Gasteiger partial charge on any atom is 0.119 e. The Balaban J connectivity index is 1.98. The molecule has 1 aromatic heterocycles. The molecule has 0 aliphatic carbocycles. The van der Waals surface area contributed by atoms with Gasteiger partial charge in [0.25, 0.3) is 0 Å². The predicted octanol–water partition coefficient (Wildman–Crippen LogP) is 3.66. The summed E-state index contributed by atoms with van der Waals surface area (Å²) in [4.78, 5) is 4.66. The highest BCUT2D eigenvalue weighted by atomic mass is 32.1. The SMILES string of the molecule is CCCOc1ccc(NC(=S)c2ccncc2)cc1. The van der Waals surface area contributed by atoms with Crippen molar-refractivity contribution in [3.8, 4) is 5.75 Å². The zero-order chi connectivity index (χ0) is 13.5. The highest BCUT2D eigenvalue weighted by Gasteiger charge is 2.01. The van der Waals surface area contributed by atoms with E-state index in [2.05, 4.69) is 17.2 Å². The Morgan fingerprint density at radius 2 is 1.84 bits per heavy atom. The van der Waals surface area contributed by atoms with Crippen LogP contribution in [0.2, 0.25) is 0 Å². The molecular formula is C15H16N2OS. The molecule has 98 valence electrons. The summed E-state index contributed by atoms with van der Waals surface area (Å²) in [5.41, 5.74) is 1.90. The average Bonchev–Trinajstić information content (AvgIpc) is 2.47. The van der Waals surface area contributed by atoms with Gasteiger partial charge in [0.15, 0.2) is 0 Å². The predicted molar refractivity (Wildman–Crippen MR) is 81.8 cm³/mol. The van der Waals surface area contributed by atoms with Crippen LogP contribution in [-0.4, -0.2) is 16.6 Å². The molecular weight excluding hydrogens is 256 g/mol. The molecule has 1 aromatic carbocycles. The van der Waals surface area contributed by atoms with Gasteiger partial charge < -0.3 is 10.1 Å². The minimum atomic E-state index is 0.685. The van der Waals surface area contributed by atoms with Crippen LogP contribution in [0, 0.1) is 0 Å². The van der Waals surface area contributed by atoms with Gasteiger partial charge in [0.1, 0.15) is 10.7 Å². The molecule has 19 heavy (non-hydrogen) atoms. The second kappa shape index (κ2) is 6.85. The second-order valence-electron chi connectivity index (χ2n) is 4.06. The number of rotatable bonds is 5. The molecule has 0 unspecified atom stereocenters. The van der Waals surface area contributed by atoms with Crippen molar-refractivity contribution in [1.82, 2.24) is 4.98 Å². The second-order valence-corrected chi connectivity index (χ2v) is 4.47. The number of anilines is 1. The number of hydrogen-bond donors (Lipinski definition) is 1. The quantitative estimate of drug-likeness (QED) is 0.842. The average molecular weight is 272 g/mol. The number of nitrogens with zero attached hydrogens (tertiary/aromatic N) is 1. The first kappa shape index (κ1) is 13.5. The normalized spacial score (nSPS) is 9.95. The maximum absolute atomic E-state index is 5.53. The molecule has 0 radical (unpaired) electrons. The molecule has 2 aromatic rings. The van der Waals surface area contributed by atoms with Crippen LogP contribution >= 0.6 is 12.2 Å². The van der Waals surface area contributed by atoms with Crippen LogP contribution in [0.4, 0.5) is 5.69 Å². The molecule has 1 heterocycles. The smallest absolute Gasteiger partial charge is 0.119 e. The molecule has 4 heteroatoms. The van der Waals surface area contributed by atoms with Gasteiger partial charge >= 0.3 is 0 Å². The number of benzene rings is 1. The fourth-order valence-corrected chi connectivity index (χ4v) is 1.81. The maximum atomic E-state index is 5.53. The molecule has 0 spiro atoms. The van der Waals surface area contributed by atoms with Gasteiger partial charge in [-0.2, -0.15) is 0 Å². The van der Waals surface area contributed by atoms with E-state index in [1.54, 1.807) is 12.4 Å². The lowest BCUT2D eigenvalue weighted by molar-refractivity contribution is 0.317. The minimum absolute atomic E-state index is 0.685. The first-order valence-corrected chi connectivity index (χ1v) is 6.64. The zero-order valence-corrected chi connectivity index (χ0v) is 11.6. The fourth-order valence-electron chi connectivity index (χ4n) is 1.56. The van der Waals surface area contributed by atoms with Gasteiger partial charge in [0.2, 0.25) is 0 Å². The van der Waals surface area contributed by atoms with Crippen LogP contribution in [-0.2, 0) is 0 Å². The van der Waals surface area contributed by atoms with Crippen LogP contribution in [0.1, 0.15) is 18.9 Å². The number of pyridine rings is 1. The van der Waals surface area contributed by atoms with E-state index in [4.69, 9.17) is 17.0 Å². The van der Waals surface area contributed by atoms with Crippen LogP contribution in [0.25, 0.3) is 0 Å². The molecule has 0 aliphatic heterocycles. The van der Waals surface area contributed by atoms with Crippen molar-refractivity contribution in [3.63, 3.8) is 0 Å². The number of aromatic nitrogens is 1. The van der Waals surface area contributed by atoms with Gasteiger partial charge in [-0.3, -0.25) is 4.98 Å². The van der Waals surface area contributed by atoms with E-state index in [0.29, 0.717) is 4.99 Å². The summed E-state index contributed by atoms with van der Waals surface area (Å²) in [6.45, 7) is 2.82. The Morgan fingerprint density at radius 3 is 2.47 bits per heavy atom. The lowest BCUT2D eigenvalue weighted by Gasteiger charge is -2.09. The van der Waals surface area contributed by atoms with Crippen molar-refractivity contribution >= 4 is 22.9 Å². The van der Waals surface area contributed by atoms with Gasteiger partial charge in [-0.1, -0.05) is 19.1 Å². The zero-order valence-electron chi connectivity index (χ0n) is 10.8. The van der Waals surface area contributed by atoms with E-state index < -0.39 is 0 Å². The van der Waals surface area contributed by atoms with E-state index in [1.807, 2.05) is 36.4 Å². The highest BCUT2D eigenvalue weighted by Crippen LogP contribution is 2.16. The molecule has 0 fully saturated rings. The molecule has 1 N–H and O–H groups in total. The van der Waals surface area contributed by atoms with Crippen molar-refractivity contribution in [3.05, 3.63) is 54.4 Å². The third-order valence-electron chi connectivity index (χ3n) is 2.53. The van der Waals surface area contributed by atoms with E-state index in [-0.39, 0.29) is 0 Å². The summed E-state index contributed by atoms with van der Waals surface area (Å²) < 4.78 is 5.53. The van der Waals surface area contributed by atoms with Gasteiger partial charge in [-0.25, -0.2) is 0 Å². The summed E-state index contributed by atoms with van der Waals surface area (Å²) >= 11 is 5.34. The number of ether oxygens (including phenoxy) is 1. The summed E-state index contributed by atoms with van der Waals surface area (Å²) in [5, 5.41) is 3.19. The third kappa shape index (κ3) is 4.03. The van der Waals surface area contributed by atoms with Gasteiger partial charge in [-0.05, 0) is 42.8 Å². The number of hydrogen-bond acceptors (Lipinski definition) is 3. The first-order valence-electron chi connectivity index (χ1n) is 6.24. The summed E-state index contributed by atoms with van der Waals surface area (Å²) in [6, 6.07) is 11.6. The van der Waals surface area contributed by atoms with Crippen LogP contribution in [0.15, 0.2) is 48.8 Å². The van der Waals surface area contributed by atoms with Crippen molar-refractivity contribution in [1.29, 1.82) is 0 Å². The first-order chi connectivity index (χ1) is 9.29. The van der Waals surface area contributed by atoms with Crippen molar-refractivity contribution in [2.45, 2.75) is 13.3 Å². The number of nitrogens with one attached hydrogen (secondary N) is 1. The molecule has 0 bridgehead atoms. The summed E-state index contributed by atoms with van der Waals surface area (Å²) in [7, 11) is 0. The third-order valence-corrected chi connectivity index (χ3v) is 2.87. The molecule has 3 nitrogen and oxygen atoms in total. The van der Waals surface area contributed by atoms with Crippen LogP contribution in [0.5, 0.6) is 5.75 Å².